The first-order valence-electron chi connectivity index (χ1n) is 8.37. The lowest BCUT2D eigenvalue weighted by Gasteiger charge is -2.13. The molecule has 0 radical (unpaired) electrons. The summed E-state index contributed by atoms with van der Waals surface area (Å²) >= 11 is 0. The fourth-order valence-electron chi connectivity index (χ4n) is 2.73. The van der Waals surface area contributed by atoms with Crippen molar-refractivity contribution in [3.05, 3.63) is 47.3 Å². The van der Waals surface area contributed by atoms with Gasteiger partial charge >= 0.3 is 6.18 Å². The van der Waals surface area contributed by atoms with Crippen LogP contribution in [0.5, 0.6) is 0 Å². The summed E-state index contributed by atoms with van der Waals surface area (Å²) in [6.07, 6.45) is -4.65. The molecule has 0 saturated carbocycles. The van der Waals surface area contributed by atoms with Crippen molar-refractivity contribution in [2.24, 2.45) is 5.73 Å². The summed E-state index contributed by atoms with van der Waals surface area (Å²) in [5.41, 5.74) is 1.87. The van der Waals surface area contributed by atoms with Gasteiger partial charge < -0.3 is 15.7 Å². The molecule has 3 N–H and O–H groups in total. The van der Waals surface area contributed by atoms with E-state index in [-0.39, 0.29) is 17.8 Å². The molecule has 1 atom stereocenters. The van der Waals surface area contributed by atoms with Crippen molar-refractivity contribution < 1.29 is 27.9 Å². The third-order valence-corrected chi connectivity index (χ3v) is 4.31. The molecular weight excluding hydrogens is 389 g/mol. The molecule has 2 aromatic rings. The first-order valence-corrected chi connectivity index (χ1v) is 8.37. The summed E-state index contributed by atoms with van der Waals surface area (Å²) in [5, 5.41) is 10.3. The molecule has 7 nitrogen and oxygen atoms in total. The molecule has 2 amide bonds. The second kappa shape index (κ2) is 7.18. The first kappa shape index (κ1) is 20.3. The average molecular weight is 404 g/mol. The lowest BCUT2D eigenvalue weighted by Crippen LogP contribution is -2.37. The largest absolute Gasteiger partial charge is 0.433 e. The Kier molecular flexibility index (Phi) is 5.02. The molecule has 1 saturated heterocycles. The number of likely N-dealkylation sites (tertiary alicyclic amines) is 1. The highest BCUT2D eigenvalue weighted by molar-refractivity contribution is 5.91. The van der Waals surface area contributed by atoms with Gasteiger partial charge in [-0.15, -0.1) is 0 Å². The molecule has 0 spiro atoms. The van der Waals surface area contributed by atoms with E-state index < -0.39 is 35.0 Å². The van der Waals surface area contributed by atoms with E-state index in [0.717, 1.165) is 0 Å². The lowest BCUT2D eigenvalue weighted by atomic mass is 10.0. The van der Waals surface area contributed by atoms with Gasteiger partial charge in [0.25, 0.3) is 11.8 Å². The maximum absolute atomic E-state index is 13.1. The number of carbonyl (C=O) groups excluding carboxylic acids is 2. The van der Waals surface area contributed by atoms with Crippen molar-refractivity contribution in [3.8, 4) is 23.2 Å². The minimum Gasteiger partial charge on any atom is -0.369 e. The normalized spacial score (nSPS) is 19.1. The second-order valence-electron chi connectivity index (χ2n) is 6.49. The fraction of sp³-hybridized carbons (Fsp3) is 0.263. The molecule has 0 bridgehead atoms. The van der Waals surface area contributed by atoms with Crippen LogP contribution in [0.2, 0.25) is 0 Å². The number of aromatic nitrogens is 2. The average Bonchev–Trinajstić information content (AvgIpc) is 2.93. The number of amides is 2. The molecule has 1 aromatic carbocycles. The number of rotatable bonds is 2. The molecule has 1 aromatic heterocycles. The van der Waals surface area contributed by atoms with Gasteiger partial charge in [-0.2, -0.15) is 13.2 Å². The van der Waals surface area contributed by atoms with E-state index in [1.165, 1.54) is 23.1 Å². The Bertz CT molecular complexity index is 1060. The van der Waals surface area contributed by atoms with Gasteiger partial charge in [-0.05, 0) is 12.1 Å². The van der Waals surface area contributed by atoms with Crippen LogP contribution >= 0.6 is 0 Å². The van der Waals surface area contributed by atoms with Gasteiger partial charge in [0.2, 0.25) is 5.60 Å². The standard InChI is InChI=1S/C19H15F3N4O3/c1-26-8-7-18(29,17(26)28)6-5-11-3-2-4-12(9-11)16-24-13(15(23)27)10-14(25-16)19(20,21)22/h2-4,9-10,29H,7-8H2,1H3,(H2,23,27). The number of nitrogens with two attached hydrogens (primary N) is 1. The Morgan fingerprint density at radius 3 is 2.62 bits per heavy atom. The number of primary amides is 1. The van der Waals surface area contributed by atoms with Gasteiger partial charge in [0.15, 0.2) is 5.82 Å². The fourth-order valence-corrected chi connectivity index (χ4v) is 2.73. The summed E-state index contributed by atoms with van der Waals surface area (Å²) in [6.45, 7) is 0.359. The molecule has 1 aliphatic rings. The van der Waals surface area contributed by atoms with Gasteiger partial charge in [0, 0.05) is 37.2 Å². The van der Waals surface area contributed by atoms with Crippen molar-refractivity contribution in [2.75, 3.05) is 13.6 Å². The third kappa shape index (κ3) is 4.20. The van der Waals surface area contributed by atoms with Crippen molar-refractivity contribution in [1.82, 2.24) is 14.9 Å². The number of hydrogen-bond acceptors (Lipinski definition) is 5. The van der Waals surface area contributed by atoms with Crippen molar-refractivity contribution >= 4 is 11.8 Å². The zero-order valence-corrected chi connectivity index (χ0v) is 15.1. The quantitative estimate of drug-likeness (QED) is 0.732. The van der Waals surface area contributed by atoms with E-state index >= 15 is 0 Å². The van der Waals surface area contributed by atoms with Crippen LogP contribution in [-0.2, 0) is 11.0 Å². The molecule has 3 rings (SSSR count). The number of carbonyl (C=O) groups is 2. The van der Waals surface area contributed by atoms with Gasteiger partial charge in [0.05, 0.1) is 0 Å². The molecule has 29 heavy (non-hydrogen) atoms. The van der Waals surface area contributed by atoms with Gasteiger partial charge in [-0.3, -0.25) is 9.59 Å². The molecule has 0 aliphatic carbocycles. The van der Waals surface area contributed by atoms with Crippen LogP contribution in [0.4, 0.5) is 13.2 Å². The topological polar surface area (TPSA) is 109 Å². The highest BCUT2D eigenvalue weighted by Crippen LogP contribution is 2.30. The summed E-state index contributed by atoms with van der Waals surface area (Å²) in [5.74, 6) is 3.17. The van der Waals surface area contributed by atoms with Crippen LogP contribution in [-0.4, -0.2) is 51.0 Å². The Morgan fingerprint density at radius 1 is 1.31 bits per heavy atom. The van der Waals surface area contributed by atoms with Crippen LogP contribution in [0.15, 0.2) is 30.3 Å². The lowest BCUT2D eigenvalue weighted by molar-refractivity contribution is -0.141. The highest BCUT2D eigenvalue weighted by atomic mass is 19.4. The number of halogens is 3. The Hall–Kier alpha value is -3.45. The highest BCUT2D eigenvalue weighted by Gasteiger charge is 2.42. The third-order valence-electron chi connectivity index (χ3n) is 4.31. The summed E-state index contributed by atoms with van der Waals surface area (Å²) in [6, 6.07) is 6.35. The smallest absolute Gasteiger partial charge is 0.369 e. The minimum atomic E-state index is -4.79. The predicted octanol–water partition coefficient (Wildman–Crippen LogP) is 1.21. The zero-order chi connectivity index (χ0) is 21.4. The number of alkyl halides is 3. The van der Waals surface area contributed by atoms with E-state index in [1.807, 2.05) is 0 Å². The minimum absolute atomic E-state index is 0.147. The van der Waals surface area contributed by atoms with E-state index in [1.54, 1.807) is 13.1 Å². The molecular formula is C19H15F3N4O3. The summed E-state index contributed by atoms with van der Waals surface area (Å²) in [7, 11) is 1.55. The molecule has 10 heteroatoms. The molecule has 150 valence electrons. The van der Waals surface area contributed by atoms with E-state index in [4.69, 9.17) is 5.73 Å². The molecule has 1 aliphatic heterocycles. The maximum Gasteiger partial charge on any atom is 0.433 e. The van der Waals surface area contributed by atoms with Crippen molar-refractivity contribution in [3.63, 3.8) is 0 Å². The van der Waals surface area contributed by atoms with Gasteiger partial charge in [-0.25, -0.2) is 9.97 Å². The van der Waals surface area contributed by atoms with E-state index in [0.29, 0.717) is 18.2 Å². The van der Waals surface area contributed by atoms with Crippen molar-refractivity contribution in [2.45, 2.75) is 18.2 Å². The maximum atomic E-state index is 13.1. The van der Waals surface area contributed by atoms with Crippen LogP contribution in [0, 0.1) is 11.8 Å². The van der Waals surface area contributed by atoms with Crippen LogP contribution in [0.3, 0.4) is 0 Å². The Balaban J connectivity index is 2.01. The first-order chi connectivity index (χ1) is 13.5. The van der Waals surface area contributed by atoms with Crippen LogP contribution in [0.1, 0.15) is 28.2 Å². The molecule has 2 heterocycles. The molecule has 1 unspecified atom stereocenters. The van der Waals surface area contributed by atoms with E-state index in [2.05, 4.69) is 21.8 Å². The van der Waals surface area contributed by atoms with Gasteiger partial charge in [0.1, 0.15) is 11.4 Å². The number of hydrogen-bond donors (Lipinski definition) is 2. The summed E-state index contributed by atoms with van der Waals surface area (Å²) in [4.78, 5) is 31.9. The van der Waals surface area contributed by atoms with Crippen LogP contribution < -0.4 is 5.73 Å². The Labute approximate surface area is 163 Å². The SMILES string of the molecule is CN1CCC(O)(C#Cc2cccc(-c3nc(C(N)=O)cc(C(F)(F)F)n3)c2)C1=O. The number of benzene rings is 1. The second-order valence-corrected chi connectivity index (χ2v) is 6.49. The number of nitrogens with zero attached hydrogens (tertiary/aromatic N) is 3. The zero-order valence-electron chi connectivity index (χ0n) is 15.1. The summed E-state index contributed by atoms with van der Waals surface area (Å²) < 4.78 is 39.2. The van der Waals surface area contributed by atoms with Crippen molar-refractivity contribution in [1.29, 1.82) is 0 Å². The van der Waals surface area contributed by atoms with Gasteiger partial charge in [-0.1, -0.05) is 24.0 Å². The van der Waals surface area contributed by atoms with E-state index in [9.17, 15) is 27.9 Å². The predicted molar refractivity (Wildman–Crippen MR) is 95.1 cm³/mol. The number of aliphatic hydroxyl groups is 1. The monoisotopic (exact) mass is 404 g/mol. The Morgan fingerprint density at radius 2 is 2.03 bits per heavy atom. The van der Waals surface area contributed by atoms with Crippen LogP contribution in [0.25, 0.3) is 11.4 Å². The number of likely N-dealkylation sites (N-methyl/N-ethyl adjacent to an activating group) is 1. The molecule has 1 fully saturated rings.